The summed E-state index contributed by atoms with van der Waals surface area (Å²) in [7, 11) is 0. The average Bonchev–Trinajstić information content (AvgIpc) is 2.99. The normalized spacial score (nSPS) is 13.8. The van der Waals surface area contributed by atoms with E-state index in [1.807, 2.05) is 6.92 Å². The second kappa shape index (κ2) is 23.3. The van der Waals surface area contributed by atoms with Crippen molar-refractivity contribution in [1.82, 2.24) is 10.6 Å². The lowest BCUT2D eigenvalue weighted by atomic mass is 9.88. The first-order valence-corrected chi connectivity index (χ1v) is 16.8. The number of phenols is 1. The van der Waals surface area contributed by atoms with Crippen LogP contribution < -0.4 is 16.0 Å². The summed E-state index contributed by atoms with van der Waals surface area (Å²) >= 11 is 1.67. The average molecular weight is 616 g/mol. The second-order valence-corrected chi connectivity index (χ2v) is 12.0. The zero-order valence-electron chi connectivity index (χ0n) is 26.4. The first-order valence-electron chi connectivity index (χ1n) is 15.7. The van der Waals surface area contributed by atoms with Gasteiger partial charge in [-0.2, -0.15) is 0 Å². The van der Waals surface area contributed by atoms with Crippen molar-refractivity contribution in [3.8, 4) is 5.75 Å². The number of carboxylic acids is 1. The number of rotatable bonds is 22. The number of allylic oxidation sites excluding steroid dienone is 6. The molecule has 0 fully saturated rings. The lowest BCUT2D eigenvalue weighted by molar-refractivity contribution is -0.120. The number of aromatic hydroxyl groups is 1. The number of amides is 3. The molecule has 0 spiro atoms. The minimum atomic E-state index is -1.29. The van der Waals surface area contributed by atoms with Gasteiger partial charge < -0.3 is 26.2 Å². The standard InChI is InChI=1S/C34H53N3O5S/c1-5-8-10-11-14-18-27(26(4)17-9-6-2)19-15-12-13-16-24-43-31(7-3)32(39)35-22-23-36-34(42)37-28-20-21-30(38)29(25-28)33(40)41/h8,10,14-15,18-21,25-27,31,38H,5-7,9,11-13,16-17,22-24H2,1-4H3,(H,35,39)(H,40,41)(H2,36,37,42). The van der Waals surface area contributed by atoms with Crippen molar-refractivity contribution in [3.05, 3.63) is 60.2 Å². The molecule has 0 bridgehead atoms. The molecule has 3 unspecified atom stereocenters. The SMILES string of the molecule is CCC=CCC=CC(C=CCCCCSC(CC)C(=O)NCCNC(=O)Nc1ccc(O)c(C(=O)O)c1)C(C)CCCC. The topological polar surface area (TPSA) is 128 Å². The summed E-state index contributed by atoms with van der Waals surface area (Å²) in [5.41, 5.74) is -0.0620. The van der Waals surface area contributed by atoms with E-state index in [-0.39, 0.29) is 41.2 Å². The van der Waals surface area contributed by atoms with E-state index in [1.165, 1.54) is 37.5 Å². The van der Waals surface area contributed by atoms with Gasteiger partial charge in [-0.25, -0.2) is 9.59 Å². The highest BCUT2D eigenvalue weighted by Gasteiger charge is 2.16. The summed E-state index contributed by atoms with van der Waals surface area (Å²) < 4.78 is 0. The molecule has 1 rings (SSSR count). The van der Waals surface area contributed by atoms with Crippen LogP contribution in [-0.2, 0) is 4.79 Å². The minimum absolute atomic E-state index is 0.0382. The zero-order chi connectivity index (χ0) is 31.9. The molecule has 43 heavy (non-hydrogen) atoms. The molecular formula is C34H53N3O5S. The number of unbranched alkanes of at least 4 members (excludes halogenated alkanes) is 3. The fourth-order valence-electron chi connectivity index (χ4n) is 4.40. The summed E-state index contributed by atoms with van der Waals surface area (Å²) in [6, 6.07) is 3.25. The number of aromatic carboxylic acids is 1. The molecule has 0 aliphatic carbocycles. The van der Waals surface area contributed by atoms with E-state index in [0.29, 0.717) is 11.8 Å². The summed E-state index contributed by atoms with van der Waals surface area (Å²) in [6.45, 7) is 9.26. The molecule has 0 saturated heterocycles. The Morgan fingerprint density at radius 3 is 2.40 bits per heavy atom. The number of carbonyl (C=O) groups excluding carboxylic acids is 2. The Kier molecular flexibility index (Phi) is 20.5. The van der Waals surface area contributed by atoms with Crippen molar-refractivity contribution in [3.63, 3.8) is 0 Å². The smallest absolute Gasteiger partial charge is 0.339 e. The molecule has 1 aromatic rings. The van der Waals surface area contributed by atoms with E-state index in [4.69, 9.17) is 5.11 Å². The van der Waals surface area contributed by atoms with Gasteiger partial charge in [0, 0.05) is 18.8 Å². The Morgan fingerprint density at radius 2 is 1.70 bits per heavy atom. The highest BCUT2D eigenvalue weighted by Crippen LogP contribution is 2.23. The molecule has 0 aromatic heterocycles. The van der Waals surface area contributed by atoms with Crippen LogP contribution >= 0.6 is 11.8 Å². The highest BCUT2D eigenvalue weighted by atomic mass is 32.2. The van der Waals surface area contributed by atoms with E-state index in [0.717, 1.165) is 44.3 Å². The molecule has 0 aliphatic heterocycles. The van der Waals surface area contributed by atoms with Gasteiger partial charge in [-0.3, -0.25) is 4.79 Å². The summed E-state index contributed by atoms with van der Waals surface area (Å²) in [5.74, 6) is 0.326. The molecule has 0 aliphatic rings. The van der Waals surface area contributed by atoms with E-state index >= 15 is 0 Å². The third-order valence-corrected chi connectivity index (χ3v) is 8.48. The van der Waals surface area contributed by atoms with Gasteiger partial charge in [-0.15, -0.1) is 11.8 Å². The number of thioether (sulfide) groups is 1. The van der Waals surface area contributed by atoms with Gasteiger partial charge in [0.1, 0.15) is 11.3 Å². The van der Waals surface area contributed by atoms with Gasteiger partial charge in [-0.05, 0) is 80.7 Å². The third kappa shape index (κ3) is 16.9. The third-order valence-electron chi connectivity index (χ3n) is 7.00. The maximum absolute atomic E-state index is 12.6. The van der Waals surface area contributed by atoms with E-state index in [2.05, 4.69) is 73.2 Å². The maximum Gasteiger partial charge on any atom is 0.339 e. The number of carbonyl (C=O) groups is 3. The molecule has 0 radical (unpaired) electrons. The molecule has 240 valence electrons. The molecule has 0 saturated carbocycles. The van der Waals surface area contributed by atoms with Gasteiger partial charge >= 0.3 is 12.0 Å². The minimum Gasteiger partial charge on any atom is -0.507 e. The van der Waals surface area contributed by atoms with Crippen LogP contribution in [0.2, 0.25) is 0 Å². The Hall–Kier alpha value is -3.20. The van der Waals surface area contributed by atoms with Crippen molar-refractivity contribution in [2.75, 3.05) is 24.2 Å². The van der Waals surface area contributed by atoms with Crippen LogP contribution in [0.1, 0.15) is 95.8 Å². The lowest BCUT2D eigenvalue weighted by Gasteiger charge is -2.17. The predicted molar refractivity (Wildman–Crippen MR) is 180 cm³/mol. The van der Waals surface area contributed by atoms with Gasteiger partial charge in [-0.1, -0.05) is 77.0 Å². The largest absolute Gasteiger partial charge is 0.507 e. The number of hydrogen-bond donors (Lipinski definition) is 5. The van der Waals surface area contributed by atoms with Crippen LogP contribution in [0, 0.1) is 11.8 Å². The molecular weight excluding hydrogens is 562 g/mol. The summed E-state index contributed by atoms with van der Waals surface area (Å²) in [4.78, 5) is 35.8. The molecule has 3 atom stereocenters. The van der Waals surface area contributed by atoms with Crippen LogP contribution in [0.3, 0.4) is 0 Å². The van der Waals surface area contributed by atoms with Gasteiger partial charge in [0.05, 0.1) is 5.25 Å². The number of hydrogen-bond acceptors (Lipinski definition) is 5. The van der Waals surface area contributed by atoms with Crippen LogP contribution in [0.15, 0.2) is 54.7 Å². The fourth-order valence-corrected chi connectivity index (χ4v) is 5.52. The monoisotopic (exact) mass is 615 g/mol. The van der Waals surface area contributed by atoms with Gasteiger partial charge in [0.25, 0.3) is 0 Å². The number of carboxylic acid groups (broad SMARTS) is 1. The number of urea groups is 1. The van der Waals surface area contributed by atoms with Crippen LogP contribution in [0.25, 0.3) is 0 Å². The number of benzene rings is 1. The van der Waals surface area contributed by atoms with E-state index < -0.39 is 12.0 Å². The van der Waals surface area contributed by atoms with Gasteiger partial charge in [0.15, 0.2) is 0 Å². The van der Waals surface area contributed by atoms with Crippen LogP contribution in [0.5, 0.6) is 5.75 Å². The highest BCUT2D eigenvalue weighted by molar-refractivity contribution is 8.00. The molecule has 1 aromatic carbocycles. The summed E-state index contributed by atoms with van der Waals surface area (Å²) in [6.07, 6.45) is 23.5. The summed E-state index contributed by atoms with van der Waals surface area (Å²) in [5, 5.41) is 26.5. The van der Waals surface area contributed by atoms with Crippen molar-refractivity contribution < 1.29 is 24.6 Å². The number of nitrogens with one attached hydrogen (secondary N) is 3. The Bertz CT molecular complexity index is 1060. The van der Waals surface area contributed by atoms with Gasteiger partial charge in [0.2, 0.25) is 5.91 Å². The second-order valence-electron chi connectivity index (χ2n) is 10.6. The van der Waals surface area contributed by atoms with Crippen molar-refractivity contribution in [2.24, 2.45) is 11.8 Å². The zero-order valence-corrected chi connectivity index (χ0v) is 27.3. The Labute approximate surface area is 262 Å². The van der Waals surface area contributed by atoms with Crippen LogP contribution in [0.4, 0.5) is 10.5 Å². The first-order chi connectivity index (χ1) is 20.7. The lowest BCUT2D eigenvalue weighted by Crippen LogP contribution is -2.39. The van der Waals surface area contributed by atoms with Crippen molar-refractivity contribution in [2.45, 2.75) is 90.7 Å². The predicted octanol–water partition coefficient (Wildman–Crippen LogP) is 7.92. The first kappa shape index (κ1) is 37.8. The molecule has 0 heterocycles. The number of anilines is 1. The molecule has 8 nitrogen and oxygen atoms in total. The Morgan fingerprint density at radius 1 is 0.953 bits per heavy atom. The molecule has 3 amide bonds. The van der Waals surface area contributed by atoms with E-state index in [9.17, 15) is 19.5 Å². The van der Waals surface area contributed by atoms with Crippen molar-refractivity contribution in [1.29, 1.82) is 0 Å². The molecule has 5 N–H and O–H groups in total. The van der Waals surface area contributed by atoms with Crippen molar-refractivity contribution >= 4 is 35.4 Å². The maximum atomic E-state index is 12.6. The van der Waals surface area contributed by atoms with E-state index in [1.54, 1.807) is 11.8 Å². The van der Waals surface area contributed by atoms with Crippen LogP contribution in [-0.4, -0.2) is 52.2 Å². The molecule has 9 heteroatoms. The Balaban J connectivity index is 2.34. The fraction of sp³-hybridized carbons (Fsp3) is 0.559. The quantitative estimate of drug-likeness (QED) is 0.0512.